The van der Waals surface area contributed by atoms with Gasteiger partial charge in [-0.25, -0.2) is 0 Å². The molecule has 0 amide bonds. The van der Waals surface area contributed by atoms with E-state index in [-0.39, 0.29) is 17.9 Å². The molecule has 3 rings (SSSR count). The van der Waals surface area contributed by atoms with Crippen LogP contribution in [0.5, 0.6) is 0 Å². The third-order valence-electron chi connectivity index (χ3n) is 4.61. The highest BCUT2D eigenvalue weighted by molar-refractivity contribution is 5.85. The van der Waals surface area contributed by atoms with Crippen molar-refractivity contribution in [2.75, 3.05) is 0 Å². The van der Waals surface area contributed by atoms with E-state index in [1.54, 1.807) is 0 Å². The Hall–Kier alpha value is -1.39. The van der Waals surface area contributed by atoms with Crippen molar-refractivity contribution in [3.05, 3.63) is 47.1 Å². The first-order valence-electron chi connectivity index (χ1n) is 7.76. The van der Waals surface area contributed by atoms with E-state index in [2.05, 4.69) is 48.3 Å². The summed E-state index contributed by atoms with van der Waals surface area (Å²) >= 11 is 0. The van der Waals surface area contributed by atoms with Gasteiger partial charge in [0.25, 0.3) is 0 Å². The number of hydrogen-bond acceptors (Lipinski definition) is 4. The first-order chi connectivity index (χ1) is 10.1. The SMILES string of the molecule is Cc1ccccc1C(C)Cc1nc(C2(N)CCCC2)no1.Cl. The predicted octanol–water partition coefficient (Wildman–Crippen LogP) is 3.87. The van der Waals surface area contributed by atoms with Crippen LogP contribution in [0.15, 0.2) is 28.8 Å². The van der Waals surface area contributed by atoms with E-state index in [1.807, 2.05) is 0 Å². The molecule has 120 valence electrons. The quantitative estimate of drug-likeness (QED) is 0.928. The fourth-order valence-electron chi connectivity index (χ4n) is 3.28. The van der Waals surface area contributed by atoms with Crippen molar-refractivity contribution in [3.8, 4) is 0 Å². The van der Waals surface area contributed by atoms with E-state index in [9.17, 15) is 0 Å². The minimum absolute atomic E-state index is 0. The van der Waals surface area contributed by atoms with Crippen LogP contribution in [0, 0.1) is 6.92 Å². The van der Waals surface area contributed by atoms with Crippen molar-refractivity contribution in [3.63, 3.8) is 0 Å². The second kappa shape index (κ2) is 6.80. The highest BCUT2D eigenvalue weighted by atomic mass is 35.5. The smallest absolute Gasteiger partial charge is 0.227 e. The van der Waals surface area contributed by atoms with Gasteiger partial charge in [0.15, 0.2) is 5.82 Å². The molecule has 1 saturated carbocycles. The maximum absolute atomic E-state index is 6.37. The molecule has 1 aromatic carbocycles. The van der Waals surface area contributed by atoms with Crippen molar-refractivity contribution in [1.82, 2.24) is 10.1 Å². The Balaban J connectivity index is 0.00000176. The summed E-state index contributed by atoms with van der Waals surface area (Å²) in [4.78, 5) is 4.56. The maximum Gasteiger partial charge on any atom is 0.227 e. The van der Waals surface area contributed by atoms with Gasteiger partial charge in [-0.15, -0.1) is 12.4 Å². The summed E-state index contributed by atoms with van der Waals surface area (Å²) in [5.74, 6) is 1.74. The van der Waals surface area contributed by atoms with Crippen molar-refractivity contribution >= 4 is 12.4 Å². The summed E-state index contributed by atoms with van der Waals surface area (Å²) < 4.78 is 5.43. The lowest BCUT2D eigenvalue weighted by Gasteiger charge is -2.17. The van der Waals surface area contributed by atoms with E-state index in [4.69, 9.17) is 10.3 Å². The van der Waals surface area contributed by atoms with Crippen LogP contribution >= 0.6 is 12.4 Å². The topological polar surface area (TPSA) is 64.9 Å². The Morgan fingerprint density at radius 1 is 1.27 bits per heavy atom. The van der Waals surface area contributed by atoms with Crippen LogP contribution in [0.4, 0.5) is 0 Å². The normalized spacial score (nSPS) is 18.0. The Labute approximate surface area is 137 Å². The lowest BCUT2D eigenvalue weighted by Crippen LogP contribution is -2.34. The zero-order chi connectivity index (χ0) is 14.9. The zero-order valence-electron chi connectivity index (χ0n) is 13.2. The fourth-order valence-corrected chi connectivity index (χ4v) is 3.28. The number of benzene rings is 1. The Morgan fingerprint density at radius 3 is 2.64 bits per heavy atom. The van der Waals surface area contributed by atoms with E-state index in [0.717, 1.165) is 32.1 Å². The van der Waals surface area contributed by atoms with E-state index in [1.165, 1.54) is 11.1 Å². The van der Waals surface area contributed by atoms with Gasteiger partial charge in [0.05, 0.1) is 5.54 Å². The standard InChI is InChI=1S/C17H23N3O.ClH/c1-12-7-3-4-8-14(12)13(2)11-15-19-16(20-21-15)17(18)9-5-6-10-17;/h3-4,7-8,13H,5-6,9-11,18H2,1-2H3;1H. The molecule has 0 saturated heterocycles. The minimum atomic E-state index is -0.367. The molecule has 4 nitrogen and oxygen atoms in total. The number of rotatable bonds is 4. The van der Waals surface area contributed by atoms with Crippen molar-refractivity contribution in [2.24, 2.45) is 5.73 Å². The molecule has 22 heavy (non-hydrogen) atoms. The van der Waals surface area contributed by atoms with Crippen LogP contribution in [-0.4, -0.2) is 10.1 Å². The second-order valence-corrected chi connectivity index (χ2v) is 6.34. The highest BCUT2D eigenvalue weighted by Gasteiger charge is 2.36. The van der Waals surface area contributed by atoms with E-state index >= 15 is 0 Å². The van der Waals surface area contributed by atoms with Crippen LogP contribution in [0.2, 0.25) is 0 Å². The molecule has 1 aliphatic rings. The van der Waals surface area contributed by atoms with Crippen molar-refractivity contribution in [1.29, 1.82) is 0 Å². The van der Waals surface area contributed by atoms with Crippen LogP contribution in [-0.2, 0) is 12.0 Å². The average molecular weight is 322 g/mol. The average Bonchev–Trinajstić information content (AvgIpc) is 3.09. The lowest BCUT2D eigenvalue weighted by molar-refractivity contribution is 0.345. The fraction of sp³-hybridized carbons (Fsp3) is 0.529. The van der Waals surface area contributed by atoms with Gasteiger partial charge in [-0.3, -0.25) is 0 Å². The third-order valence-corrected chi connectivity index (χ3v) is 4.61. The largest absolute Gasteiger partial charge is 0.339 e. The van der Waals surface area contributed by atoms with Gasteiger partial charge in [0, 0.05) is 6.42 Å². The highest BCUT2D eigenvalue weighted by Crippen LogP contribution is 2.34. The molecule has 0 bridgehead atoms. The molecule has 5 heteroatoms. The number of nitrogens with two attached hydrogens (primary N) is 1. The van der Waals surface area contributed by atoms with Crippen LogP contribution in [0.1, 0.15) is 61.4 Å². The van der Waals surface area contributed by atoms with Gasteiger partial charge in [-0.2, -0.15) is 4.98 Å². The van der Waals surface area contributed by atoms with Gasteiger partial charge in [-0.05, 0) is 36.8 Å². The van der Waals surface area contributed by atoms with Gasteiger partial charge in [0.2, 0.25) is 5.89 Å². The Bertz CT molecular complexity index is 620. The molecule has 1 unspecified atom stereocenters. The van der Waals surface area contributed by atoms with Gasteiger partial charge < -0.3 is 10.3 Å². The molecule has 1 heterocycles. The van der Waals surface area contributed by atoms with Gasteiger partial charge >= 0.3 is 0 Å². The molecule has 1 atom stereocenters. The maximum atomic E-state index is 6.37. The number of aryl methyl sites for hydroxylation is 1. The van der Waals surface area contributed by atoms with E-state index < -0.39 is 0 Å². The first kappa shape index (κ1) is 17.0. The van der Waals surface area contributed by atoms with Crippen molar-refractivity contribution < 1.29 is 4.52 Å². The first-order valence-corrected chi connectivity index (χ1v) is 7.76. The molecule has 0 aliphatic heterocycles. The molecular weight excluding hydrogens is 298 g/mol. The second-order valence-electron chi connectivity index (χ2n) is 6.34. The summed E-state index contributed by atoms with van der Waals surface area (Å²) in [6, 6.07) is 8.44. The zero-order valence-corrected chi connectivity index (χ0v) is 14.0. The monoisotopic (exact) mass is 321 g/mol. The van der Waals surface area contributed by atoms with Crippen LogP contribution < -0.4 is 5.73 Å². The van der Waals surface area contributed by atoms with Gasteiger partial charge in [-0.1, -0.05) is 49.2 Å². The van der Waals surface area contributed by atoms with E-state index in [0.29, 0.717) is 17.6 Å². The van der Waals surface area contributed by atoms with Crippen LogP contribution in [0.25, 0.3) is 0 Å². The minimum Gasteiger partial charge on any atom is -0.339 e. The molecule has 0 radical (unpaired) electrons. The summed E-state index contributed by atoms with van der Waals surface area (Å²) in [6.07, 6.45) is 4.98. The predicted molar refractivity (Wildman–Crippen MR) is 89.2 cm³/mol. The molecule has 1 aliphatic carbocycles. The number of aromatic nitrogens is 2. The Kier molecular flexibility index (Phi) is 5.24. The molecule has 2 aromatic rings. The molecule has 1 fully saturated rings. The van der Waals surface area contributed by atoms with Crippen LogP contribution in [0.3, 0.4) is 0 Å². The molecule has 1 aromatic heterocycles. The molecule has 0 spiro atoms. The number of hydrogen-bond donors (Lipinski definition) is 1. The third kappa shape index (κ3) is 3.33. The van der Waals surface area contributed by atoms with Crippen molar-refractivity contribution in [2.45, 2.75) is 57.4 Å². The lowest BCUT2D eigenvalue weighted by atomic mass is 9.94. The summed E-state index contributed by atoms with van der Waals surface area (Å²) in [5, 5.41) is 4.13. The summed E-state index contributed by atoms with van der Waals surface area (Å²) in [7, 11) is 0. The number of nitrogens with zero attached hydrogens (tertiary/aromatic N) is 2. The molecule has 2 N–H and O–H groups in total. The summed E-state index contributed by atoms with van der Waals surface area (Å²) in [6.45, 7) is 4.33. The molecular formula is C17H24ClN3O. The Morgan fingerprint density at radius 2 is 1.95 bits per heavy atom. The number of halogens is 1. The summed E-state index contributed by atoms with van der Waals surface area (Å²) in [5.41, 5.74) is 8.64. The van der Waals surface area contributed by atoms with Gasteiger partial charge in [0.1, 0.15) is 0 Å².